The molecule has 0 bridgehead atoms. The highest BCUT2D eigenvalue weighted by atomic mass is 16.7. The number of unbranched alkanes of at least 4 members (excludes halogenated alkanes) is 4. The molecule has 1 heterocycles. The van der Waals surface area contributed by atoms with Gasteiger partial charge in [-0.3, -0.25) is 0 Å². The number of carbonyl (C=O) groups is 2. The Morgan fingerprint density at radius 2 is 1.62 bits per heavy atom. The van der Waals surface area contributed by atoms with Crippen LogP contribution in [0.4, 0.5) is 0 Å². The zero-order valence-electron chi connectivity index (χ0n) is 15.9. The fourth-order valence-corrected chi connectivity index (χ4v) is 2.74. The number of carbonyl (C=O) groups excluding carboxylic acids is 2. The lowest BCUT2D eigenvalue weighted by atomic mass is 10.1. The van der Waals surface area contributed by atoms with Gasteiger partial charge in [0.05, 0.1) is 20.8 Å². The van der Waals surface area contributed by atoms with Gasteiger partial charge < -0.3 is 28.8 Å². The van der Waals surface area contributed by atoms with Crippen molar-refractivity contribution in [1.82, 2.24) is 0 Å². The van der Waals surface area contributed by atoms with Gasteiger partial charge in [0, 0.05) is 19.8 Å². The molecule has 8 nitrogen and oxygen atoms in total. The van der Waals surface area contributed by atoms with Crippen molar-refractivity contribution < 1.29 is 38.4 Å². The van der Waals surface area contributed by atoms with E-state index in [0.717, 1.165) is 65.8 Å². The van der Waals surface area contributed by atoms with Crippen molar-refractivity contribution >= 4 is 11.9 Å². The van der Waals surface area contributed by atoms with Gasteiger partial charge in [0.1, 0.15) is 0 Å². The number of hydrogen-bond donors (Lipinski definition) is 1. The van der Waals surface area contributed by atoms with Crippen LogP contribution in [0.2, 0.25) is 0 Å². The Balaban J connectivity index is 2.13. The summed E-state index contributed by atoms with van der Waals surface area (Å²) < 4.78 is 25.6. The third-order valence-electron chi connectivity index (χ3n) is 4.33. The summed E-state index contributed by atoms with van der Waals surface area (Å²) in [6, 6.07) is 0. The Hall–Kier alpha value is -1.22. The van der Waals surface area contributed by atoms with Gasteiger partial charge in [-0.25, -0.2) is 9.59 Å². The van der Waals surface area contributed by atoms with Crippen LogP contribution in [0.25, 0.3) is 0 Å². The number of aliphatic hydroxyl groups is 1. The molecule has 1 saturated heterocycles. The van der Waals surface area contributed by atoms with Crippen LogP contribution in [0.1, 0.15) is 51.4 Å². The summed E-state index contributed by atoms with van der Waals surface area (Å²) >= 11 is 0. The summed E-state index contributed by atoms with van der Waals surface area (Å²) in [6.45, 7) is 0.806. The topological polar surface area (TPSA) is 101 Å². The van der Waals surface area contributed by atoms with Crippen LogP contribution in [-0.2, 0) is 33.3 Å². The smallest absolute Gasteiger partial charge is 0.352 e. The minimum atomic E-state index is -2.10. The van der Waals surface area contributed by atoms with E-state index in [2.05, 4.69) is 9.47 Å². The molecular weight excluding hydrogens is 344 g/mol. The summed E-state index contributed by atoms with van der Waals surface area (Å²) in [4.78, 5) is 23.6. The van der Waals surface area contributed by atoms with Crippen molar-refractivity contribution in [2.75, 3.05) is 40.6 Å². The highest BCUT2D eigenvalue weighted by molar-refractivity contribution is 6.03. The minimum absolute atomic E-state index is 0.0413. The maximum atomic E-state index is 11.8. The number of rotatable bonds is 13. The molecule has 0 radical (unpaired) electrons. The maximum absolute atomic E-state index is 11.8. The summed E-state index contributed by atoms with van der Waals surface area (Å²) in [6.07, 6.45) is 7.72. The second kappa shape index (κ2) is 13.0. The number of ether oxygens (including phenoxy) is 5. The first-order chi connectivity index (χ1) is 12.6. The fraction of sp³-hybridized carbons (Fsp3) is 0.889. The first-order valence-electron chi connectivity index (χ1n) is 9.25. The Labute approximate surface area is 155 Å². The Morgan fingerprint density at radius 1 is 1.00 bits per heavy atom. The van der Waals surface area contributed by atoms with Gasteiger partial charge >= 0.3 is 11.9 Å². The van der Waals surface area contributed by atoms with E-state index >= 15 is 0 Å². The predicted molar refractivity (Wildman–Crippen MR) is 92.4 cm³/mol. The second-order valence-electron chi connectivity index (χ2n) is 6.25. The van der Waals surface area contributed by atoms with E-state index in [1.165, 1.54) is 0 Å². The number of methoxy groups -OCH3 is 2. The average molecular weight is 376 g/mol. The molecule has 26 heavy (non-hydrogen) atoms. The molecule has 1 unspecified atom stereocenters. The summed E-state index contributed by atoms with van der Waals surface area (Å²) in [5.74, 6) is -1.93. The highest BCUT2D eigenvalue weighted by Gasteiger charge is 2.49. The molecule has 0 aliphatic carbocycles. The second-order valence-corrected chi connectivity index (χ2v) is 6.25. The first-order valence-corrected chi connectivity index (χ1v) is 9.25. The molecule has 8 heteroatoms. The fourth-order valence-electron chi connectivity index (χ4n) is 2.74. The van der Waals surface area contributed by atoms with Crippen LogP contribution in [-0.4, -0.2) is 69.6 Å². The monoisotopic (exact) mass is 376 g/mol. The first kappa shape index (κ1) is 22.8. The lowest BCUT2D eigenvalue weighted by Crippen LogP contribution is -2.53. The van der Waals surface area contributed by atoms with Crippen LogP contribution in [0.15, 0.2) is 0 Å². The molecule has 0 saturated carbocycles. The highest BCUT2D eigenvalue weighted by Crippen LogP contribution is 2.17. The van der Waals surface area contributed by atoms with Gasteiger partial charge in [-0.15, -0.1) is 0 Å². The molecule has 1 aliphatic heterocycles. The molecule has 0 spiro atoms. The van der Waals surface area contributed by atoms with E-state index < -0.39 is 24.1 Å². The van der Waals surface area contributed by atoms with E-state index in [0.29, 0.717) is 13.0 Å². The summed E-state index contributed by atoms with van der Waals surface area (Å²) in [5, 5.41) is 9.44. The lowest BCUT2D eigenvalue weighted by Gasteiger charge is -2.26. The molecular formula is C18H32O8. The zero-order valence-corrected chi connectivity index (χ0v) is 15.9. The molecule has 1 atom stereocenters. The van der Waals surface area contributed by atoms with Gasteiger partial charge in [0.25, 0.3) is 5.60 Å². The Morgan fingerprint density at radius 3 is 2.15 bits per heavy atom. The molecule has 0 aromatic heterocycles. The minimum Gasteiger partial charge on any atom is -0.466 e. The predicted octanol–water partition coefficient (Wildman–Crippen LogP) is 1.57. The van der Waals surface area contributed by atoms with Crippen molar-refractivity contribution in [3.8, 4) is 0 Å². The molecule has 1 aliphatic rings. The van der Waals surface area contributed by atoms with Gasteiger partial charge in [0.15, 0.2) is 6.29 Å². The quantitative estimate of drug-likeness (QED) is 0.294. The van der Waals surface area contributed by atoms with Crippen LogP contribution < -0.4 is 0 Å². The molecule has 152 valence electrons. The van der Waals surface area contributed by atoms with Gasteiger partial charge in [0.2, 0.25) is 0 Å². The van der Waals surface area contributed by atoms with Gasteiger partial charge in [-0.2, -0.15) is 0 Å². The van der Waals surface area contributed by atoms with E-state index in [-0.39, 0.29) is 12.9 Å². The molecule has 0 amide bonds. The standard InChI is InChI=1S/C18H32O8/c1-22-16(20)18(14-19,17(21)23-2)26-13-8-5-3-4-7-11-24-15-10-6-9-12-25-15/h15,19H,3-14H2,1-2H3. The SMILES string of the molecule is COC(=O)C(CO)(OCCCCCCCOC1CCCCO1)C(=O)OC. The molecule has 1 N–H and O–H groups in total. The van der Waals surface area contributed by atoms with Crippen LogP contribution in [0, 0.1) is 0 Å². The van der Waals surface area contributed by atoms with Crippen molar-refractivity contribution in [3.05, 3.63) is 0 Å². The molecule has 1 rings (SSSR count). The van der Waals surface area contributed by atoms with Crippen molar-refractivity contribution in [1.29, 1.82) is 0 Å². The van der Waals surface area contributed by atoms with Crippen LogP contribution in [0.3, 0.4) is 0 Å². The third kappa shape index (κ3) is 7.19. The molecule has 0 aromatic carbocycles. The number of aliphatic hydroxyl groups excluding tert-OH is 1. The van der Waals surface area contributed by atoms with E-state index in [9.17, 15) is 14.7 Å². The Bertz CT molecular complexity index is 390. The number of hydrogen-bond acceptors (Lipinski definition) is 8. The van der Waals surface area contributed by atoms with Crippen molar-refractivity contribution in [2.24, 2.45) is 0 Å². The number of esters is 2. The van der Waals surface area contributed by atoms with E-state index in [1.54, 1.807) is 0 Å². The summed E-state index contributed by atoms with van der Waals surface area (Å²) in [5.41, 5.74) is -2.10. The molecule has 1 fully saturated rings. The van der Waals surface area contributed by atoms with E-state index in [4.69, 9.17) is 14.2 Å². The molecule has 0 aromatic rings. The normalized spacial score (nSPS) is 17.7. The van der Waals surface area contributed by atoms with Gasteiger partial charge in [-0.05, 0) is 32.1 Å². The third-order valence-corrected chi connectivity index (χ3v) is 4.33. The average Bonchev–Trinajstić information content (AvgIpc) is 2.69. The van der Waals surface area contributed by atoms with Crippen LogP contribution >= 0.6 is 0 Å². The summed E-state index contributed by atoms with van der Waals surface area (Å²) in [7, 11) is 2.25. The van der Waals surface area contributed by atoms with E-state index in [1.807, 2.05) is 0 Å². The maximum Gasteiger partial charge on any atom is 0.352 e. The largest absolute Gasteiger partial charge is 0.466 e. The Kier molecular flexibility index (Phi) is 11.4. The van der Waals surface area contributed by atoms with Gasteiger partial charge in [-0.1, -0.05) is 19.3 Å². The van der Waals surface area contributed by atoms with Crippen molar-refractivity contribution in [3.63, 3.8) is 0 Å². The zero-order chi connectivity index (χ0) is 19.3. The van der Waals surface area contributed by atoms with Crippen molar-refractivity contribution in [2.45, 2.75) is 63.3 Å². The lowest BCUT2D eigenvalue weighted by molar-refractivity contribution is -0.193. The van der Waals surface area contributed by atoms with Crippen LogP contribution in [0.5, 0.6) is 0 Å².